The van der Waals surface area contributed by atoms with E-state index in [-0.39, 0.29) is 5.97 Å². The number of aryl methyl sites for hydroxylation is 1. The van der Waals surface area contributed by atoms with Gasteiger partial charge in [0, 0.05) is 40.6 Å². The number of methoxy groups -OCH3 is 1. The SMILES string of the molecule is COC(=O)c1ccc2nc(-c3ccc4[nH]c(C)cc4c3)c(N(C)C3CC3)cc2c1. The highest BCUT2D eigenvalue weighted by Crippen LogP contribution is 2.38. The number of carbonyl (C=O) groups excluding carboxylic acids is 1. The number of aromatic nitrogens is 2. The van der Waals surface area contributed by atoms with E-state index < -0.39 is 0 Å². The van der Waals surface area contributed by atoms with Gasteiger partial charge in [0.1, 0.15) is 0 Å². The minimum atomic E-state index is -0.332. The maximum Gasteiger partial charge on any atom is 0.337 e. The van der Waals surface area contributed by atoms with Gasteiger partial charge in [-0.05, 0) is 62.2 Å². The second kappa shape index (κ2) is 6.62. The fourth-order valence-electron chi connectivity index (χ4n) is 3.98. The number of ether oxygens (including phenoxy) is 1. The third kappa shape index (κ3) is 3.12. The van der Waals surface area contributed by atoms with Gasteiger partial charge in [-0.2, -0.15) is 0 Å². The first-order valence-electron chi connectivity index (χ1n) is 9.89. The number of esters is 1. The van der Waals surface area contributed by atoms with E-state index in [1.807, 2.05) is 12.1 Å². The summed E-state index contributed by atoms with van der Waals surface area (Å²) in [7, 11) is 3.53. The molecule has 2 heterocycles. The van der Waals surface area contributed by atoms with Crippen molar-refractivity contribution in [3.05, 3.63) is 59.8 Å². The van der Waals surface area contributed by atoms with Crippen molar-refractivity contribution in [3.63, 3.8) is 0 Å². The summed E-state index contributed by atoms with van der Waals surface area (Å²) in [5.41, 5.74) is 6.84. The van der Waals surface area contributed by atoms with Crippen LogP contribution in [-0.4, -0.2) is 36.1 Å². The van der Waals surface area contributed by atoms with E-state index >= 15 is 0 Å². The van der Waals surface area contributed by atoms with E-state index in [0.29, 0.717) is 11.6 Å². The minimum absolute atomic E-state index is 0.332. The lowest BCUT2D eigenvalue weighted by atomic mass is 10.0. The summed E-state index contributed by atoms with van der Waals surface area (Å²) in [5, 5.41) is 2.13. The van der Waals surface area contributed by atoms with Crippen LogP contribution in [-0.2, 0) is 4.74 Å². The average Bonchev–Trinajstić information content (AvgIpc) is 3.51. The second-order valence-corrected chi connectivity index (χ2v) is 7.85. The number of carbonyl (C=O) groups is 1. The molecular formula is C24H23N3O2. The van der Waals surface area contributed by atoms with Crippen LogP contribution in [0.3, 0.4) is 0 Å². The van der Waals surface area contributed by atoms with Crippen molar-refractivity contribution in [2.45, 2.75) is 25.8 Å². The normalized spacial score (nSPS) is 13.8. The number of fused-ring (bicyclic) bond motifs is 2. The number of nitrogens with one attached hydrogen (secondary N) is 1. The molecular weight excluding hydrogens is 362 g/mol. The average molecular weight is 385 g/mol. The number of nitrogens with zero attached hydrogens (tertiary/aromatic N) is 2. The molecule has 5 rings (SSSR count). The van der Waals surface area contributed by atoms with Crippen LogP contribution >= 0.6 is 0 Å². The molecule has 0 unspecified atom stereocenters. The molecule has 1 N–H and O–H groups in total. The summed E-state index contributed by atoms with van der Waals surface area (Å²) in [4.78, 5) is 22.7. The monoisotopic (exact) mass is 385 g/mol. The third-order valence-corrected chi connectivity index (χ3v) is 5.72. The number of anilines is 1. The first kappa shape index (κ1) is 17.7. The van der Waals surface area contributed by atoms with Crippen molar-refractivity contribution < 1.29 is 9.53 Å². The van der Waals surface area contributed by atoms with Crippen molar-refractivity contribution in [2.24, 2.45) is 0 Å². The van der Waals surface area contributed by atoms with E-state index in [4.69, 9.17) is 9.72 Å². The Bertz CT molecular complexity index is 1250. The molecule has 29 heavy (non-hydrogen) atoms. The fraction of sp³-hybridized carbons (Fsp3) is 0.250. The summed E-state index contributed by atoms with van der Waals surface area (Å²) < 4.78 is 4.87. The van der Waals surface area contributed by atoms with Crippen LogP contribution in [0.15, 0.2) is 48.5 Å². The smallest absolute Gasteiger partial charge is 0.337 e. The molecule has 5 heteroatoms. The minimum Gasteiger partial charge on any atom is -0.465 e. The molecule has 0 saturated heterocycles. The van der Waals surface area contributed by atoms with Gasteiger partial charge in [-0.15, -0.1) is 0 Å². The van der Waals surface area contributed by atoms with Gasteiger partial charge in [0.25, 0.3) is 0 Å². The number of hydrogen-bond donors (Lipinski definition) is 1. The first-order valence-corrected chi connectivity index (χ1v) is 9.89. The molecule has 1 fully saturated rings. The molecule has 0 amide bonds. The molecule has 2 aromatic carbocycles. The Morgan fingerprint density at radius 3 is 2.69 bits per heavy atom. The molecule has 0 atom stereocenters. The Kier molecular flexibility index (Phi) is 4.05. The summed E-state index contributed by atoms with van der Waals surface area (Å²) >= 11 is 0. The number of pyridine rings is 1. The maximum absolute atomic E-state index is 12.0. The molecule has 2 aromatic heterocycles. The van der Waals surface area contributed by atoms with Crippen molar-refractivity contribution in [2.75, 3.05) is 19.1 Å². The summed E-state index contributed by atoms with van der Waals surface area (Å²) in [6.45, 7) is 2.07. The van der Waals surface area contributed by atoms with E-state index in [0.717, 1.165) is 39.1 Å². The van der Waals surface area contributed by atoms with Crippen LogP contribution in [0.1, 0.15) is 28.9 Å². The van der Waals surface area contributed by atoms with Gasteiger partial charge in [-0.1, -0.05) is 6.07 Å². The topological polar surface area (TPSA) is 58.2 Å². The second-order valence-electron chi connectivity index (χ2n) is 7.85. The molecule has 1 saturated carbocycles. The maximum atomic E-state index is 12.0. The van der Waals surface area contributed by atoms with Gasteiger partial charge in [-0.25, -0.2) is 9.78 Å². The van der Waals surface area contributed by atoms with Gasteiger partial charge < -0.3 is 14.6 Å². The van der Waals surface area contributed by atoms with Crippen molar-refractivity contribution in [1.29, 1.82) is 0 Å². The predicted molar refractivity (Wildman–Crippen MR) is 117 cm³/mol. The molecule has 0 bridgehead atoms. The van der Waals surface area contributed by atoms with Crippen LogP contribution < -0.4 is 4.90 Å². The standard InChI is InChI=1S/C24H23N3O2/c1-14-10-17-11-15(4-8-20(17)25-14)23-22(27(2)19-6-7-19)13-18-12-16(24(28)29-3)5-9-21(18)26-23/h4-5,8-13,19,25H,6-7H2,1-3H3. The Morgan fingerprint density at radius 1 is 1.10 bits per heavy atom. The summed E-state index contributed by atoms with van der Waals surface area (Å²) in [6, 6.07) is 16.8. The third-order valence-electron chi connectivity index (χ3n) is 5.72. The number of benzene rings is 2. The largest absolute Gasteiger partial charge is 0.465 e. The van der Waals surface area contributed by atoms with E-state index in [1.165, 1.54) is 25.3 Å². The number of hydrogen-bond acceptors (Lipinski definition) is 4. The van der Waals surface area contributed by atoms with E-state index in [1.54, 1.807) is 6.07 Å². The van der Waals surface area contributed by atoms with Crippen molar-refractivity contribution >= 4 is 33.5 Å². The molecule has 0 aliphatic heterocycles. The molecule has 0 spiro atoms. The number of aromatic amines is 1. The first-order chi connectivity index (χ1) is 14.0. The van der Waals surface area contributed by atoms with Crippen LogP contribution in [0.4, 0.5) is 5.69 Å². The van der Waals surface area contributed by atoms with Crippen LogP contribution in [0.2, 0.25) is 0 Å². The van der Waals surface area contributed by atoms with Crippen LogP contribution in [0.25, 0.3) is 33.1 Å². The zero-order chi connectivity index (χ0) is 20.1. The Hall–Kier alpha value is -3.34. The fourth-order valence-corrected chi connectivity index (χ4v) is 3.98. The highest BCUT2D eigenvalue weighted by molar-refractivity contribution is 5.97. The van der Waals surface area contributed by atoms with Gasteiger partial charge >= 0.3 is 5.97 Å². The van der Waals surface area contributed by atoms with E-state index in [9.17, 15) is 4.79 Å². The van der Waals surface area contributed by atoms with Gasteiger partial charge in [-0.3, -0.25) is 0 Å². The predicted octanol–water partition coefficient (Wildman–Crippen LogP) is 5.08. The Morgan fingerprint density at radius 2 is 1.93 bits per heavy atom. The zero-order valence-electron chi connectivity index (χ0n) is 16.8. The highest BCUT2D eigenvalue weighted by Gasteiger charge is 2.28. The molecule has 1 aliphatic rings. The molecule has 0 radical (unpaired) electrons. The Balaban J connectivity index is 1.71. The molecule has 4 aromatic rings. The number of rotatable bonds is 4. The highest BCUT2D eigenvalue weighted by atomic mass is 16.5. The van der Waals surface area contributed by atoms with Crippen LogP contribution in [0.5, 0.6) is 0 Å². The lowest BCUT2D eigenvalue weighted by Gasteiger charge is -2.22. The van der Waals surface area contributed by atoms with Gasteiger partial charge in [0.05, 0.1) is 29.6 Å². The number of H-pyrrole nitrogens is 1. The van der Waals surface area contributed by atoms with Gasteiger partial charge in [0.2, 0.25) is 0 Å². The quantitative estimate of drug-likeness (QED) is 0.498. The van der Waals surface area contributed by atoms with Gasteiger partial charge in [0.15, 0.2) is 0 Å². The van der Waals surface area contributed by atoms with Crippen molar-refractivity contribution in [3.8, 4) is 11.3 Å². The lowest BCUT2D eigenvalue weighted by Crippen LogP contribution is -2.20. The summed E-state index contributed by atoms with van der Waals surface area (Å²) in [6.07, 6.45) is 2.40. The molecule has 146 valence electrons. The Labute approximate surface area is 169 Å². The van der Waals surface area contributed by atoms with Crippen LogP contribution in [0, 0.1) is 6.92 Å². The molecule has 1 aliphatic carbocycles. The van der Waals surface area contributed by atoms with Crippen molar-refractivity contribution in [1.82, 2.24) is 9.97 Å². The lowest BCUT2D eigenvalue weighted by molar-refractivity contribution is 0.0601. The molecule has 5 nitrogen and oxygen atoms in total. The summed E-state index contributed by atoms with van der Waals surface area (Å²) in [5.74, 6) is -0.332. The van der Waals surface area contributed by atoms with E-state index in [2.05, 4.69) is 54.2 Å². The zero-order valence-corrected chi connectivity index (χ0v) is 16.8.